The van der Waals surface area contributed by atoms with E-state index in [9.17, 15) is 4.79 Å². The van der Waals surface area contributed by atoms with Gasteiger partial charge in [-0.15, -0.1) is 21.5 Å². The highest BCUT2D eigenvalue weighted by molar-refractivity contribution is 7.99. The molecule has 29 heavy (non-hydrogen) atoms. The van der Waals surface area contributed by atoms with Gasteiger partial charge in [-0.3, -0.25) is 14.3 Å². The lowest BCUT2D eigenvalue weighted by Crippen LogP contribution is -2.14. The smallest absolute Gasteiger partial charge is 0.236 e. The van der Waals surface area contributed by atoms with E-state index in [0.29, 0.717) is 21.1 Å². The molecule has 0 fully saturated rings. The number of nitrogens with zero attached hydrogens (tertiary/aromatic N) is 5. The first kappa shape index (κ1) is 19.6. The highest BCUT2D eigenvalue weighted by atomic mass is 35.5. The monoisotopic (exact) mass is 442 g/mol. The van der Waals surface area contributed by atoms with Gasteiger partial charge in [0.05, 0.1) is 11.4 Å². The molecule has 0 aliphatic carbocycles. The van der Waals surface area contributed by atoms with Gasteiger partial charge in [0.2, 0.25) is 5.91 Å². The van der Waals surface area contributed by atoms with E-state index in [4.69, 9.17) is 11.6 Å². The molecule has 1 amide bonds. The fourth-order valence-electron chi connectivity index (χ4n) is 2.60. The topological polar surface area (TPSA) is 85.6 Å². The third-order valence-corrected chi connectivity index (χ3v) is 5.83. The molecule has 0 saturated heterocycles. The molecule has 0 aliphatic rings. The fourth-order valence-corrected chi connectivity index (χ4v) is 4.21. The molecule has 0 atom stereocenters. The number of pyridine rings is 1. The van der Waals surface area contributed by atoms with Crippen LogP contribution in [0.25, 0.3) is 17.1 Å². The molecular formula is C19H15ClN6OS2. The van der Waals surface area contributed by atoms with Crippen LogP contribution in [0, 0.1) is 6.92 Å². The van der Waals surface area contributed by atoms with Crippen LogP contribution in [-0.2, 0) is 4.79 Å². The molecule has 0 spiro atoms. The summed E-state index contributed by atoms with van der Waals surface area (Å²) in [4.78, 5) is 21.6. The van der Waals surface area contributed by atoms with Crippen molar-refractivity contribution >= 4 is 45.7 Å². The van der Waals surface area contributed by atoms with Gasteiger partial charge in [0.1, 0.15) is 0 Å². The van der Waals surface area contributed by atoms with E-state index >= 15 is 0 Å². The number of thioether (sulfide) groups is 1. The summed E-state index contributed by atoms with van der Waals surface area (Å²) in [7, 11) is 0. The van der Waals surface area contributed by atoms with Crippen molar-refractivity contribution in [2.45, 2.75) is 12.1 Å². The molecule has 0 unspecified atom stereocenters. The molecule has 4 rings (SSSR count). The predicted octanol–water partition coefficient (Wildman–Crippen LogP) is 4.48. The van der Waals surface area contributed by atoms with Crippen LogP contribution in [0.4, 0.5) is 5.13 Å². The molecule has 0 radical (unpaired) electrons. The van der Waals surface area contributed by atoms with Crippen LogP contribution in [0.15, 0.2) is 60.1 Å². The Bertz CT molecular complexity index is 1140. The minimum atomic E-state index is -0.157. The number of thiazole rings is 1. The number of hydrogen-bond donors (Lipinski definition) is 1. The average Bonchev–Trinajstić information content (AvgIpc) is 3.33. The molecule has 0 saturated carbocycles. The van der Waals surface area contributed by atoms with Crippen LogP contribution in [0.2, 0.25) is 5.02 Å². The molecule has 0 bridgehead atoms. The van der Waals surface area contributed by atoms with E-state index in [-0.39, 0.29) is 11.7 Å². The second-order valence-corrected chi connectivity index (χ2v) is 8.58. The average molecular weight is 443 g/mol. The van der Waals surface area contributed by atoms with Gasteiger partial charge in [0.15, 0.2) is 16.1 Å². The van der Waals surface area contributed by atoms with E-state index in [1.165, 1.54) is 23.1 Å². The number of aryl methyl sites for hydroxylation is 1. The minimum absolute atomic E-state index is 0.157. The maximum atomic E-state index is 12.3. The van der Waals surface area contributed by atoms with Crippen LogP contribution < -0.4 is 5.32 Å². The largest absolute Gasteiger partial charge is 0.301 e. The van der Waals surface area contributed by atoms with Crippen molar-refractivity contribution in [1.82, 2.24) is 24.7 Å². The number of benzene rings is 1. The lowest BCUT2D eigenvalue weighted by atomic mass is 10.2. The Morgan fingerprint density at radius 2 is 2.07 bits per heavy atom. The Balaban J connectivity index is 1.61. The van der Waals surface area contributed by atoms with Crippen molar-refractivity contribution in [3.63, 3.8) is 0 Å². The van der Waals surface area contributed by atoms with Crippen LogP contribution >= 0.6 is 34.7 Å². The lowest BCUT2D eigenvalue weighted by molar-refractivity contribution is -0.113. The van der Waals surface area contributed by atoms with Crippen LogP contribution in [0.5, 0.6) is 0 Å². The summed E-state index contributed by atoms with van der Waals surface area (Å²) in [5.74, 6) is 0.664. The molecule has 4 aromatic rings. The predicted molar refractivity (Wildman–Crippen MR) is 116 cm³/mol. The molecule has 10 heteroatoms. The Kier molecular flexibility index (Phi) is 5.89. The Morgan fingerprint density at radius 1 is 1.24 bits per heavy atom. The number of anilines is 1. The van der Waals surface area contributed by atoms with E-state index in [1.807, 2.05) is 41.8 Å². The summed E-state index contributed by atoms with van der Waals surface area (Å²) in [5, 5.41) is 13.2. The van der Waals surface area contributed by atoms with E-state index < -0.39 is 0 Å². The van der Waals surface area contributed by atoms with E-state index in [0.717, 1.165) is 16.1 Å². The van der Waals surface area contributed by atoms with Crippen LogP contribution in [-0.4, -0.2) is 36.4 Å². The van der Waals surface area contributed by atoms with Crippen molar-refractivity contribution in [1.29, 1.82) is 0 Å². The van der Waals surface area contributed by atoms with E-state index in [1.54, 1.807) is 24.7 Å². The second-order valence-electron chi connectivity index (χ2n) is 5.97. The minimum Gasteiger partial charge on any atom is -0.301 e. The normalized spacial score (nSPS) is 10.8. The molecule has 0 aliphatic heterocycles. The van der Waals surface area contributed by atoms with Gasteiger partial charge in [0.25, 0.3) is 0 Å². The number of hydrogen-bond acceptors (Lipinski definition) is 7. The first-order valence-corrected chi connectivity index (χ1v) is 10.7. The summed E-state index contributed by atoms with van der Waals surface area (Å²) in [6, 6.07) is 11.1. The third kappa shape index (κ3) is 4.64. The van der Waals surface area contributed by atoms with Gasteiger partial charge in [-0.1, -0.05) is 29.4 Å². The van der Waals surface area contributed by atoms with Crippen molar-refractivity contribution < 1.29 is 4.79 Å². The first-order valence-electron chi connectivity index (χ1n) is 8.57. The molecule has 1 aromatic carbocycles. The van der Waals surface area contributed by atoms with E-state index in [2.05, 4.69) is 25.5 Å². The van der Waals surface area contributed by atoms with Crippen molar-refractivity contribution in [3.8, 4) is 17.1 Å². The van der Waals surface area contributed by atoms with Gasteiger partial charge >= 0.3 is 0 Å². The Hall–Kier alpha value is -2.75. The number of nitrogens with one attached hydrogen (secondary N) is 1. The van der Waals surface area contributed by atoms with Crippen molar-refractivity contribution in [2.75, 3.05) is 11.1 Å². The zero-order valence-corrected chi connectivity index (χ0v) is 17.6. The molecule has 3 aromatic heterocycles. The number of aromatic nitrogens is 5. The van der Waals surface area contributed by atoms with Gasteiger partial charge in [-0.2, -0.15) is 0 Å². The SMILES string of the molecule is Cc1cnc(NC(=O)CSc2nnc(-c3ccncc3)n2-c2cccc(Cl)c2)s1. The molecule has 146 valence electrons. The zero-order chi connectivity index (χ0) is 20.2. The number of amides is 1. The lowest BCUT2D eigenvalue weighted by Gasteiger charge is -2.10. The molecule has 7 nitrogen and oxygen atoms in total. The fraction of sp³-hybridized carbons (Fsp3) is 0.105. The summed E-state index contributed by atoms with van der Waals surface area (Å²) in [6.45, 7) is 1.94. The number of carbonyl (C=O) groups excluding carboxylic acids is 1. The second kappa shape index (κ2) is 8.73. The molecule has 1 N–H and O–H groups in total. The van der Waals surface area contributed by atoms with Crippen molar-refractivity contribution in [2.24, 2.45) is 0 Å². The van der Waals surface area contributed by atoms with Crippen molar-refractivity contribution in [3.05, 3.63) is 64.9 Å². The summed E-state index contributed by atoms with van der Waals surface area (Å²) in [5.41, 5.74) is 1.68. The highest BCUT2D eigenvalue weighted by Gasteiger charge is 2.18. The maximum absolute atomic E-state index is 12.3. The van der Waals surface area contributed by atoms with Gasteiger partial charge < -0.3 is 5.32 Å². The summed E-state index contributed by atoms with van der Waals surface area (Å²) < 4.78 is 1.88. The van der Waals surface area contributed by atoms with Gasteiger partial charge in [-0.05, 0) is 37.3 Å². The number of rotatable bonds is 6. The summed E-state index contributed by atoms with van der Waals surface area (Å²) in [6.07, 6.45) is 5.12. The van der Waals surface area contributed by atoms with Crippen LogP contribution in [0.1, 0.15) is 4.88 Å². The maximum Gasteiger partial charge on any atom is 0.236 e. The summed E-state index contributed by atoms with van der Waals surface area (Å²) >= 11 is 8.92. The standard InChI is InChI=1S/C19H15ClN6OS2/c1-12-10-22-18(29-12)23-16(27)11-28-19-25-24-17(13-5-7-21-8-6-13)26(19)15-4-2-3-14(20)9-15/h2-10H,11H2,1H3,(H,22,23,27). The highest BCUT2D eigenvalue weighted by Crippen LogP contribution is 2.29. The molecule has 3 heterocycles. The quantitative estimate of drug-likeness (QED) is 0.443. The van der Waals surface area contributed by atoms with Gasteiger partial charge in [0, 0.05) is 34.1 Å². The first-order chi connectivity index (χ1) is 14.1. The number of carbonyl (C=O) groups is 1. The van der Waals surface area contributed by atoms with Crippen LogP contribution in [0.3, 0.4) is 0 Å². The third-order valence-electron chi connectivity index (χ3n) is 3.84. The number of halogens is 1. The Morgan fingerprint density at radius 3 is 2.79 bits per heavy atom. The Labute approximate surface area is 180 Å². The molecular weight excluding hydrogens is 428 g/mol. The van der Waals surface area contributed by atoms with Gasteiger partial charge in [-0.25, -0.2) is 4.98 Å². The zero-order valence-electron chi connectivity index (χ0n) is 15.2.